The Morgan fingerprint density at radius 1 is 1.19 bits per heavy atom. The molecule has 2 amide bonds. The Balaban J connectivity index is 1.34. The minimum Gasteiger partial charge on any atom is -0.327 e. The number of carbonyl (C=O) groups is 1. The number of anilines is 1. The lowest BCUT2D eigenvalue weighted by atomic mass is 9.83. The van der Waals surface area contributed by atoms with Crippen molar-refractivity contribution in [3.63, 3.8) is 0 Å². The van der Waals surface area contributed by atoms with Gasteiger partial charge in [-0.3, -0.25) is 9.88 Å². The van der Waals surface area contributed by atoms with E-state index in [0.717, 1.165) is 50.1 Å². The van der Waals surface area contributed by atoms with Crippen LogP contribution in [-0.2, 0) is 6.54 Å². The lowest BCUT2D eigenvalue weighted by molar-refractivity contribution is 0.204. The van der Waals surface area contributed by atoms with Crippen molar-refractivity contribution in [3.8, 4) is 5.69 Å². The molecule has 2 fully saturated rings. The second-order valence-electron chi connectivity index (χ2n) is 8.83. The summed E-state index contributed by atoms with van der Waals surface area (Å²) < 4.78 is 1.47. The number of carbonyl (C=O) groups excluding carboxylic acids is 1. The zero-order valence-corrected chi connectivity index (χ0v) is 18.6. The molecule has 0 spiro atoms. The molecule has 3 atom stereocenters. The highest BCUT2D eigenvalue weighted by molar-refractivity contribution is 5.88. The highest BCUT2D eigenvalue weighted by Gasteiger charge is 2.24. The van der Waals surface area contributed by atoms with E-state index in [2.05, 4.69) is 27.9 Å². The molecule has 2 heterocycles. The second-order valence-corrected chi connectivity index (χ2v) is 8.83. The van der Waals surface area contributed by atoms with Crippen LogP contribution in [0.1, 0.15) is 31.7 Å². The molecule has 1 saturated carbocycles. The van der Waals surface area contributed by atoms with Crippen molar-refractivity contribution in [2.75, 3.05) is 31.5 Å². The number of aromatic nitrogens is 2. The number of hydrogen-bond donors (Lipinski definition) is 4. The Kier molecular flexibility index (Phi) is 7.19. The van der Waals surface area contributed by atoms with Gasteiger partial charge < -0.3 is 21.3 Å². The first-order chi connectivity index (χ1) is 15.5. The molecule has 1 aromatic heterocycles. The van der Waals surface area contributed by atoms with Crippen LogP contribution in [0, 0.1) is 5.92 Å². The van der Waals surface area contributed by atoms with Gasteiger partial charge in [-0.05, 0) is 48.9 Å². The lowest BCUT2D eigenvalue weighted by Gasteiger charge is -2.32. The summed E-state index contributed by atoms with van der Waals surface area (Å²) in [6.45, 7) is 5.82. The van der Waals surface area contributed by atoms with E-state index in [1.165, 1.54) is 4.57 Å². The summed E-state index contributed by atoms with van der Waals surface area (Å²) in [5.74, 6) is 0.810. The van der Waals surface area contributed by atoms with Crippen LogP contribution in [-0.4, -0.2) is 58.7 Å². The van der Waals surface area contributed by atoms with Gasteiger partial charge in [0.05, 0.1) is 5.69 Å². The molecule has 9 nitrogen and oxygen atoms in total. The molecule has 4 rings (SSSR count). The monoisotopic (exact) mass is 439 g/mol. The smallest absolute Gasteiger partial charge is 0.327 e. The van der Waals surface area contributed by atoms with Crippen LogP contribution in [0.4, 0.5) is 10.6 Å². The average Bonchev–Trinajstić information content (AvgIpc) is 2.81. The largest absolute Gasteiger partial charge is 0.354 e. The van der Waals surface area contributed by atoms with Crippen molar-refractivity contribution >= 4 is 11.8 Å². The number of nitrogens with zero attached hydrogens (tertiary/aromatic N) is 3. The maximum Gasteiger partial charge on any atom is 0.354 e. The SMILES string of the molecule is CC1CC(NCc2ccc(-n3ccc(NC(=O)N4CCNCC4)nc3=O)cc2)CC[C@@H]1N. The molecule has 1 aliphatic carbocycles. The molecule has 2 unspecified atom stereocenters. The highest BCUT2D eigenvalue weighted by atomic mass is 16.2. The summed E-state index contributed by atoms with van der Waals surface area (Å²) in [6.07, 6.45) is 4.93. The van der Waals surface area contributed by atoms with Crippen LogP contribution in [0.3, 0.4) is 0 Å². The van der Waals surface area contributed by atoms with Gasteiger partial charge in [-0.2, -0.15) is 4.98 Å². The molecule has 2 aromatic rings. The summed E-state index contributed by atoms with van der Waals surface area (Å²) in [7, 11) is 0. The summed E-state index contributed by atoms with van der Waals surface area (Å²) >= 11 is 0. The predicted molar refractivity (Wildman–Crippen MR) is 125 cm³/mol. The summed E-state index contributed by atoms with van der Waals surface area (Å²) in [4.78, 5) is 30.6. The van der Waals surface area contributed by atoms with E-state index in [4.69, 9.17) is 5.73 Å². The van der Waals surface area contributed by atoms with Crippen LogP contribution in [0.25, 0.3) is 5.69 Å². The van der Waals surface area contributed by atoms with Crippen molar-refractivity contribution in [2.45, 2.75) is 44.8 Å². The third-order valence-electron chi connectivity index (χ3n) is 6.49. The summed E-state index contributed by atoms with van der Waals surface area (Å²) in [5.41, 5.74) is 7.59. The topological polar surface area (TPSA) is 117 Å². The minimum atomic E-state index is -0.429. The number of urea groups is 1. The molecule has 1 saturated heterocycles. The molecule has 9 heteroatoms. The summed E-state index contributed by atoms with van der Waals surface area (Å²) in [6, 6.07) is 10.1. The van der Waals surface area contributed by atoms with Crippen molar-refractivity contribution in [2.24, 2.45) is 11.7 Å². The van der Waals surface area contributed by atoms with Crippen LogP contribution < -0.4 is 27.4 Å². The average molecular weight is 440 g/mol. The van der Waals surface area contributed by atoms with Gasteiger partial charge in [-0.1, -0.05) is 19.1 Å². The third-order valence-corrected chi connectivity index (χ3v) is 6.49. The Bertz CT molecular complexity index is 969. The van der Waals surface area contributed by atoms with E-state index < -0.39 is 5.69 Å². The van der Waals surface area contributed by atoms with E-state index in [-0.39, 0.29) is 11.8 Å². The molecule has 32 heavy (non-hydrogen) atoms. The highest BCUT2D eigenvalue weighted by Crippen LogP contribution is 2.23. The molecule has 1 aliphatic heterocycles. The molecule has 5 N–H and O–H groups in total. The van der Waals surface area contributed by atoms with E-state index in [1.54, 1.807) is 17.2 Å². The first-order valence-electron chi connectivity index (χ1n) is 11.4. The first kappa shape index (κ1) is 22.4. The maximum atomic E-state index is 12.5. The van der Waals surface area contributed by atoms with E-state index >= 15 is 0 Å². The van der Waals surface area contributed by atoms with Crippen LogP contribution in [0.15, 0.2) is 41.3 Å². The third kappa shape index (κ3) is 5.53. The number of hydrogen-bond acceptors (Lipinski definition) is 6. The van der Waals surface area contributed by atoms with Gasteiger partial charge in [0.25, 0.3) is 0 Å². The number of rotatable bonds is 5. The molecule has 0 radical (unpaired) electrons. The number of nitrogens with one attached hydrogen (secondary N) is 3. The number of amides is 2. The molecular formula is C23H33N7O2. The van der Waals surface area contributed by atoms with Gasteiger partial charge >= 0.3 is 11.7 Å². The number of nitrogens with two attached hydrogens (primary N) is 1. The molecule has 0 bridgehead atoms. The van der Waals surface area contributed by atoms with Gasteiger partial charge in [-0.25, -0.2) is 9.59 Å². The van der Waals surface area contributed by atoms with Gasteiger partial charge in [0.1, 0.15) is 5.82 Å². The Morgan fingerprint density at radius 3 is 2.62 bits per heavy atom. The van der Waals surface area contributed by atoms with Crippen molar-refractivity contribution in [3.05, 3.63) is 52.6 Å². The van der Waals surface area contributed by atoms with Crippen LogP contribution >= 0.6 is 0 Å². The van der Waals surface area contributed by atoms with E-state index in [9.17, 15) is 9.59 Å². The first-order valence-corrected chi connectivity index (χ1v) is 11.4. The fourth-order valence-electron chi connectivity index (χ4n) is 4.37. The summed E-state index contributed by atoms with van der Waals surface area (Å²) in [5, 5.41) is 9.54. The lowest BCUT2D eigenvalue weighted by Crippen LogP contribution is -2.48. The van der Waals surface area contributed by atoms with Gasteiger partial charge in [-0.15, -0.1) is 0 Å². The van der Waals surface area contributed by atoms with E-state index in [0.29, 0.717) is 31.1 Å². The quantitative estimate of drug-likeness (QED) is 0.558. The van der Waals surface area contributed by atoms with Gasteiger partial charge in [0, 0.05) is 51.0 Å². The fraction of sp³-hybridized carbons (Fsp3) is 0.522. The van der Waals surface area contributed by atoms with Gasteiger partial charge in [0.15, 0.2) is 0 Å². The predicted octanol–water partition coefficient (Wildman–Crippen LogP) is 1.28. The Labute approximate surface area is 188 Å². The molecular weight excluding hydrogens is 406 g/mol. The van der Waals surface area contributed by atoms with Crippen molar-refractivity contribution < 1.29 is 4.79 Å². The van der Waals surface area contributed by atoms with Crippen molar-refractivity contribution in [1.29, 1.82) is 0 Å². The number of piperazine rings is 1. The van der Waals surface area contributed by atoms with Crippen molar-refractivity contribution in [1.82, 2.24) is 25.1 Å². The normalized spacial score (nSPS) is 23.7. The van der Waals surface area contributed by atoms with Crippen LogP contribution in [0.5, 0.6) is 0 Å². The second kappa shape index (κ2) is 10.2. The van der Waals surface area contributed by atoms with E-state index in [1.807, 2.05) is 24.3 Å². The van der Waals surface area contributed by atoms with Gasteiger partial charge in [0.2, 0.25) is 0 Å². The molecule has 172 valence electrons. The molecule has 1 aromatic carbocycles. The zero-order valence-electron chi connectivity index (χ0n) is 18.6. The number of benzene rings is 1. The van der Waals surface area contributed by atoms with Crippen LogP contribution in [0.2, 0.25) is 0 Å². The maximum absolute atomic E-state index is 12.5. The Hall–Kier alpha value is -2.75. The molecule has 2 aliphatic rings. The Morgan fingerprint density at radius 2 is 1.94 bits per heavy atom. The fourth-order valence-corrected chi connectivity index (χ4v) is 4.37. The standard InChI is InChI=1S/C23H33N7O2/c1-16-14-18(4-7-20(16)24)26-15-17-2-5-19(6-3-17)30-11-8-21(28-23(30)32)27-22(31)29-12-9-25-10-13-29/h2-3,5-6,8,11,16,18,20,25-26H,4,7,9-10,12-15,24H2,1H3,(H,27,28,31,32)/t16?,18?,20-/m0/s1. The minimum absolute atomic E-state index is 0.234. The zero-order chi connectivity index (χ0) is 22.5.